The molecule has 2 amide bonds. The summed E-state index contributed by atoms with van der Waals surface area (Å²) in [5.74, 6) is 0.236. The summed E-state index contributed by atoms with van der Waals surface area (Å²) >= 11 is 12.3. The average molecular weight is 417 g/mol. The van der Waals surface area contributed by atoms with Gasteiger partial charge in [0.05, 0.1) is 10.6 Å². The van der Waals surface area contributed by atoms with E-state index in [1.54, 1.807) is 30.3 Å². The number of carbonyl (C=O) groups excluding carboxylic acids is 2. The largest absolute Gasteiger partial charge is 0.454 e. The summed E-state index contributed by atoms with van der Waals surface area (Å²) < 4.78 is 10.7. The van der Waals surface area contributed by atoms with Gasteiger partial charge in [-0.1, -0.05) is 35.3 Å². The van der Waals surface area contributed by atoms with Crippen molar-refractivity contribution < 1.29 is 19.1 Å². The highest BCUT2D eigenvalue weighted by molar-refractivity contribution is 6.41. The predicted octanol–water partition coefficient (Wildman–Crippen LogP) is 4.10. The minimum Gasteiger partial charge on any atom is -0.454 e. The molecule has 0 spiro atoms. The number of carbonyl (C=O) groups is 2. The number of halogens is 2. The Morgan fingerprint density at radius 3 is 2.61 bits per heavy atom. The second-order valence-corrected chi connectivity index (χ2v) is 6.92. The molecule has 0 atom stereocenters. The maximum Gasteiger partial charge on any atom is 0.278 e. The van der Waals surface area contributed by atoms with Crippen molar-refractivity contribution in [1.29, 1.82) is 0 Å². The highest BCUT2D eigenvalue weighted by Crippen LogP contribution is 2.38. The first-order chi connectivity index (χ1) is 13.5. The molecule has 0 radical (unpaired) electrons. The molecule has 0 fully saturated rings. The van der Waals surface area contributed by atoms with E-state index in [1.807, 2.05) is 0 Å². The highest BCUT2D eigenvalue weighted by Gasteiger charge is 2.39. The fourth-order valence-corrected chi connectivity index (χ4v) is 3.55. The number of rotatable bonds is 5. The number of nitrogens with one attached hydrogen (secondary N) is 1. The Kier molecular flexibility index (Phi) is 4.75. The molecule has 1 N–H and O–H groups in total. The maximum absolute atomic E-state index is 13.0. The number of ether oxygens (including phenoxy) is 2. The molecule has 0 aromatic heterocycles. The van der Waals surface area contributed by atoms with Crippen LogP contribution in [0.2, 0.25) is 10.0 Å². The van der Waals surface area contributed by atoms with Crippen LogP contribution in [0.25, 0.3) is 5.57 Å². The Bertz CT molecular complexity index is 1050. The van der Waals surface area contributed by atoms with Crippen molar-refractivity contribution in [3.8, 4) is 11.5 Å². The second kappa shape index (κ2) is 7.22. The van der Waals surface area contributed by atoms with E-state index in [9.17, 15) is 9.59 Å². The highest BCUT2D eigenvalue weighted by atomic mass is 35.5. The quantitative estimate of drug-likeness (QED) is 0.586. The molecule has 0 bridgehead atoms. The van der Waals surface area contributed by atoms with Crippen molar-refractivity contribution in [3.05, 3.63) is 70.4 Å². The van der Waals surface area contributed by atoms with E-state index in [0.717, 1.165) is 4.90 Å². The fourth-order valence-electron chi connectivity index (χ4n) is 3.05. The minimum atomic E-state index is -0.469. The number of fused-ring (bicyclic) bond motifs is 1. The average Bonchev–Trinajstić information content (AvgIpc) is 3.21. The third-order valence-electron chi connectivity index (χ3n) is 4.32. The van der Waals surface area contributed by atoms with Crippen LogP contribution in [-0.4, -0.2) is 30.1 Å². The van der Waals surface area contributed by atoms with Crippen LogP contribution < -0.4 is 14.8 Å². The van der Waals surface area contributed by atoms with E-state index in [0.29, 0.717) is 27.8 Å². The molecule has 2 aliphatic heterocycles. The van der Waals surface area contributed by atoms with Crippen molar-refractivity contribution in [2.75, 3.05) is 18.7 Å². The number of anilines is 1. The van der Waals surface area contributed by atoms with Crippen molar-refractivity contribution in [3.63, 3.8) is 0 Å². The molecule has 142 valence electrons. The Morgan fingerprint density at radius 2 is 1.86 bits per heavy atom. The van der Waals surface area contributed by atoms with Crippen LogP contribution in [0, 0.1) is 0 Å². The first-order valence-electron chi connectivity index (χ1n) is 8.33. The van der Waals surface area contributed by atoms with Crippen LogP contribution in [0.1, 0.15) is 5.56 Å². The lowest BCUT2D eigenvalue weighted by molar-refractivity contribution is -0.136. The van der Waals surface area contributed by atoms with Crippen molar-refractivity contribution in [2.24, 2.45) is 0 Å². The van der Waals surface area contributed by atoms with E-state index in [2.05, 4.69) is 11.9 Å². The molecule has 2 aromatic carbocycles. The van der Waals surface area contributed by atoms with Gasteiger partial charge in [0.1, 0.15) is 5.70 Å². The monoisotopic (exact) mass is 416 g/mol. The molecule has 4 rings (SSSR count). The zero-order chi connectivity index (χ0) is 19.8. The van der Waals surface area contributed by atoms with E-state index >= 15 is 0 Å². The minimum absolute atomic E-state index is 0.0820. The molecular formula is C20H14Cl2N2O4. The lowest BCUT2D eigenvalue weighted by atomic mass is 10.0. The Hall–Kier alpha value is -2.96. The van der Waals surface area contributed by atoms with E-state index in [4.69, 9.17) is 32.7 Å². The molecular weight excluding hydrogens is 403 g/mol. The molecule has 0 saturated heterocycles. The van der Waals surface area contributed by atoms with Gasteiger partial charge in [-0.3, -0.25) is 14.5 Å². The number of hydrogen-bond acceptors (Lipinski definition) is 5. The number of nitrogens with zero attached hydrogens (tertiary/aromatic N) is 1. The molecule has 0 unspecified atom stereocenters. The summed E-state index contributed by atoms with van der Waals surface area (Å²) in [4.78, 5) is 27.0. The van der Waals surface area contributed by atoms with Crippen LogP contribution in [0.5, 0.6) is 11.5 Å². The molecule has 2 aromatic rings. The molecule has 8 heteroatoms. The van der Waals surface area contributed by atoms with Gasteiger partial charge in [0.2, 0.25) is 6.79 Å². The van der Waals surface area contributed by atoms with Gasteiger partial charge in [-0.25, -0.2) is 0 Å². The Morgan fingerprint density at radius 1 is 1.07 bits per heavy atom. The molecule has 0 saturated carbocycles. The van der Waals surface area contributed by atoms with Gasteiger partial charge < -0.3 is 14.8 Å². The van der Waals surface area contributed by atoms with Crippen molar-refractivity contribution in [1.82, 2.24) is 4.90 Å². The Labute approximate surface area is 170 Å². The first kappa shape index (κ1) is 18.4. The van der Waals surface area contributed by atoms with Gasteiger partial charge in [-0.2, -0.15) is 0 Å². The SMILES string of the molecule is C=CCN1C(=O)C(Nc2ccc3c(c2)OCO3)=C(c2ccc(Cl)cc2Cl)C1=O. The summed E-state index contributed by atoms with van der Waals surface area (Å²) in [6.45, 7) is 3.83. The van der Waals surface area contributed by atoms with Crippen molar-refractivity contribution in [2.45, 2.75) is 0 Å². The maximum atomic E-state index is 13.0. The van der Waals surface area contributed by atoms with Crippen molar-refractivity contribution >= 4 is 46.3 Å². The lowest BCUT2D eigenvalue weighted by Gasteiger charge is -2.12. The van der Waals surface area contributed by atoms with Gasteiger partial charge in [0, 0.05) is 28.9 Å². The van der Waals surface area contributed by atoms with Crippen LogP contribution in [-0.2, 0) is 9.59 Å². The summed E-state index contributed by atoms with van der Waals surface area (Å²) in [6.07, 6.45) is 1.49. The fraction of sp³-hybridized carbons (Fsp3) is 0.100. The topological polar surface area (TPSA) is 67.9 Å². The molecule has 2 aliphatic rings. The van der Waals surface area contributed by atoms with E-state index < -0.39 is 11.8 Å². The van der Waals surface area contributed by atoms with Crippen LogP contribution in [0.3, 0.4) is 0 Å². The third kappa shape index (κ3) is 3.10. The van der Waals surface area contributed by atoms with Gasteiger partial charge >= 0.3 is 0 Å². The number of hydrogen-bond donors (Lipinski definition) is 1. The van der Waals surface area contributed by atoms with Gasteiger partial charge in [0.15, 0.2) is 11.5 Å². The van der Waals surface area contributed by atoms with Crippen LogP contribution in [0.15, 0.2) is 54.8 Å². The third-order valence-corrected chi connectivity index (χ3v) is 4.87. The molecule has 6 nitrogen and oxygen atoms in total. The standard InChI is InChI=1S/C20H14Cl2N2O4/c1-2-7-24-19(25)17(13-5-3-11(21)8-14(13)22)18(20(24)26)23-12-4-6-15-16(9-12)28-10-27-15/h2-6,8-9,23H,1,7,10H2. The van der Waals surface area contributed by atoms with E-state index in [-0.39, 0.29) is 29.6 Å². The summed E-state index contributed by atoms with van der Waals surface area (Å²) in [7, 11) is 0. The van der Waals surface area contributed by atoms with Crippen LogP contribution >= 0.6 is 23.2 Å². The van der Waals surface area contributed by atoms with Gasteiger partial charge in [0.25, 0.3) is 11.8 Å². The number of benzene rings is 2. The van der Waals surface area contributed by atoms with E-state index in [1.165, 1.54) is 12.1 Å². The zero-order valence-electron chi connectivity index (χ0n) is 14.5. The van der Waals surface area contributed by atoms with Crippen LogP contribution in [0.4, 0.5) is 5.69 Å². The zero-order valence-corrected chi connectivity index (χ0v) is 16.0. The first-order valence-corrected chi connectivity index (χ1v) is 9.08. The number of imide groups is 1. The molecule has 2 heterocycles. The molecule has 0 aliphatic carbocycles. The summed E-state index contributed by atoms with van der Waals surface area (Å²) in [6, 6.07) is 9.91. The normalized spacial score (nSPS) is 15.4. The Balaban J connectivity index is 1.80. The smallest absolute Gasteiger partial charge is 0.278 e. The number of amides is 2. The molecule has 28 heavy (non-hydrogen) atoms. The van der Waals surface area contributed by atoms with Gasteiger partial charge in [-0.15, -0.1) is 6.58 Å². The van der Waals surface area contributed by atoms with Gasteiger partial charge in [-0.05, 0) is 24.3 Å². The predicted molar refractivity (Wildman–Crippen MR) is 106 cm³/mol. The summed E-state index contributed by atoms with van der Waals surface area (Å²) in [5.41, 5.74) is 1.28. The summed E-state index contributed by atoms with van der Waals surface area (Å²) in [5, 5.41) is 3.74. The second-order valence-electron chi connectivity index (χ2n) is 6.08. The lowest BCUT2D eigenvalue weighted by Crippen LogP contribution is -2.32.